The maximum atomic E-state index is 9.22. The van der Waals surface area contributed by atoms with E-state index in [4.69, 9.17) is 0 Å². The fraction of sp³-hybridized carbons (Fsp3) is 0.500. The predicted molar refractivity (Wildman–Crippen MR) is 31.9 cm³/mol. The van der Waals surface area contributed by atoms with Crippen molar-refractivity contribution in [3.63, 3.8) is 0 Å². The third kappa shape index (κ3) is 36.0. The van der Waals surface area contributed by atoms with Gasteiger partial charge in [-0.05, 0) is 6.42 Å². The smallest absolute Gasteiger partial charge is 0.0477 e. The van der Waals surface area contributed by atoms with Crippen LogP contribution in [0.25, 0.3) is 0 Å². The van der Waals surface area contributed by atoms with Crippen LogP contribution in [0, 0.1) is 6.58 Å². The summed E-state index contributed by atoms with van der Waals surface area (Å²) in [5, 5.41) is 0. The van der Waals surface area contributed by atoms with E-state index in [-0.39, 0.29) is 53.8 Å². The monoisotopic (exact) mass is 387 g/mol. The summed E-state index contributed by atoms with van der Waals surface area (Å²) in [4.78, 5) is 9.22. The average molecular weight is 387 g/mol. The van der Waals surface area contributed by atoms with E-state index in [0.29, 0.717) is 6.61 Å². The van der Waals surface area contributed by atoms with Gasteiger partial charge < -0.3 is 16.1 Å². The van der Waals surface area contributed by atoms with Gasteiger partial charge in [0.2, 0.25) is 0 Å². The van der Waals surface area contributed by atoms with Gasteiger partial charge in [-0.2, -0.15) is 0 Å². The quantitative estimate of drug-likeness (QED) is 0.536. The van der Waals surface area contributed by atoms with E-state index >= 15 is 0 Å². The van der Waals surface area contributed by atoms with Crippen LogP contribution in [0.2, 0.25) is 0 Å². The van der Waals surface area contributed by atoms with Crippen LogP contribution in [0.4, 0.5) is 0 Å². The molecule has 2 nitrogen and oxygen atoms in total. The summed E-state index contributed by atoms with van der Waals surface area (Å²) in [5.74, 6) is 0. The van der Waals surface area contributed by atoms with Crippen LogP contribution in [0.1, 0.15) is 13.3 Å². The molecule has 10 heavy (non-hydrogen) atoms. The SMILES string of the molecule is CCCO[C-]=O.[CH-]=C.[W].[Y]. The first-order valence-corrected chi connectivity index (χ1v) is 2.31. The largest absolute Gasteiger partial charge is 0.653 e. The average Bonchev–Trinajstić information content (AvgIpc) is 1.88. The van der Waals surface area contributed by atoms with E-state index in [2.05, 4.69) is 17.9 Å². The summed E-state index contributed by atoms with van der Waals surface area (Å²) in [6.07, 6.45) is 0.870. The van der Waals surface area contributed by atoms with E-state index in [1.165, 1.54) is 6.47 Å². The van der Waals surface area contributed by atoms with Crippen molar-refractivity contribution < 1.29 is 63.3 Å². The molecule has 0 N–H and O–H groups in total. The molecule has 0 unspecified atom stereocenters. The molecule has 0 aromatic carbocycles. The first-order valence-electron chi connectivity index (χ1n) is 2.31. The van der Waals surface area contributed by atoms with Crippen molar-refractivity contribution in [1.29, 1.82) is 0 Å². The topological polar surface area (TPSA) is 26.3 Å². The Kier molecular flexibility index (Phi) is 72.7. The summed E-state index contributed by atoms with van der Waals surface area (Å²) in [7, 11) is 0. The molecule has 0 aromatic heterocycles. The standard InChI is InChI=1S/C4H7O2.C2H3.W.Y/c1-2-3-6-4-5;1-2;;/h2-3H2,1H3;1H,2H2;;/q2*-1;;. The Bertz CT molecular complexity index is 53.0. The Hall–Kier alpha value is 1.00. The van der Waals surface area contributed by atoms with E-state index in [9.17, 15) is 4.79 Å². The van der Waals surface area contributed by atoms with Crippen LogP contribution < -0.4 is 0 Å². The van der Waals surface area contributed by atoms with Crippen molar-refractivity contribution >= 4 is 6.47 Å². The predicted octanol–water partition coefficient (Wildman–Crippen LogP) is 1.08. The Morgan fingerprint density at radius 1 is 1.60 bits per heavy atom. The normalized spacial score (nSPS) is 4.90. The molecule has 0 amide bonds. The number of carbonyl (C=O) groups excluding carboxylic acids is 1. The molecule has 0 aliphatic heterocycles. The van der Waals surface area contributed by atoms with Gasteiger partial charge in [0.15, 0.2) is 0 Å². The number of hydrogen-bond acceptors (Lipinski definition) is 2. The van der Waals surface area contributed by atoms with Crippen molar-refractivity contribution in [2.75, 3.05) is 6.61 Å². The first kappa shape index (κ1) is 22.4. The molecule has 0 spiro atoms. The van der Waals surface area contributed by atoms with Crippen LogP contribution in [0.3, 0.4) is 0 Å². The maximum Gasteiger partial charge on any atom is 0.0477 e. The van der Waals surface area contributed by atoms with E-state index in [0.717, 1.165) is 6.42 Å². The molecule has 1 radical (unpaired) electrons. The fourth-order valence-electron chi connectivity index (χ4n) is 0.144. The molecular formula is C6H10O2WY-2. The van der Waals surface area contributed by atoms with Gasteiger partial charge in [-0.3, -0.25) is 6.58 Å². The molecule has 0 saturated heterocycles. The van der Waals surface area contributed by atoms with Gasteiger partial charge in [-0.1, -0.05) is 13.4 Å². The molecule has 4 heteroatoms. The third-order valence-electron chi connectivity index (χ3n) is 0.365. The van der Waals surface area contributed by atoms with Crippen LogP contribution in [-0.4, -0.2) is 13.1 Å². The van der Waals surface area contributed by atoms with Crippen molar-refractivity contribution in [3.05, 3.63) is 13.2 Å². The van der Waals surface area contributed by atoms with Gasteiger partial charge >= 0.3 is 0 Å². The minimum Gasteiger partial charge on any atom is -0.653 e. The fourth-order valence-corrected chi connectivity index (χ4v) is 0.144. The van der Waals surface area contributed by atoms with Crippen molar-refractivity contribution in [2.45, 2.75) is 13.3 Å². The number of hydrogen-bond donors (Lipinski definition) is 0. The number of ether oxygens (including phenoxy) is 1. The summed E-state index contributed by atoms with van der Waals surface area (Å²) < 4.78 is 4.18. The van der Waals surface area contributed by atoms with Crippen molar-refractivity contribution in [3.8, 4) is 0 Å². The van der Waals surface area contributed by atoms with E-state index < -0.39 is 0 Å². The second-order valence-electron chi connectivity index (χ2n) is 0.932. The molecule has 0 fully saturated rings. The molecule has 57 valence electrons. The molecule has 0 bridgehead atoms. The molecule has 0 aliphatic carbocycles. The molecule has 0 heterocycles. The molecule has 0 aliphatic rings. The molecule has 0 atom stereocenters. The summed E-state index contributed by atoms with van der Waals surface area (Å²) in [6, 6.07) is 0. The van der Waals surface area contributed by atoms with Crippen LogP contribution >= 0.6 is 0 Å². The Morgan fingerprint density at radius 3 is 2.10 bits per heavy atom. The summed E-state index contributed by atoms with van der Waals surface area (Å²) >= 11 is 0. The third-order valence-corrected chi connectivity index (χ3v) is 0.365. The van der Waals surface area contributed by atoms with Gasteiger partial charge in [0, 0.05) is 60.4 Å². The van der Waals surface area contributed by atoms with Gasteiger partial charge in [0.1, 0.15) is 0 Å². The van der Waals surface area contributed by atoms with Gasteiger partial charge in [-0.25, -0.2) is 0 Å². The second kappa shape index (κ2) is 32.4. The van der Waals surface area contributed by atoms with Crippen LogP contribution in [0.5, 0.6) is 0 Å². The summed E-state index contributed by atoms with van der Waals surface area (Å²) in [6.45, 7) is 10.7. The second-order valence-corrected chi connectivity index (χ2v) is 0.932. The zero-order valence-corrected chi connectivity index (χ0v) is 11.8. The Labute approximate surface area is 102 Å². The van der Waals surface area contributed by atoms with Crippen LogP contribution in [-0.2, 0) is 63.3 Å². The Morgan fingerprint density at radius 2 is 2.00 bits per heavy atom. The van der Waals surface area contributed by atoms with E-state index in [1.54, 1.807) is 0 Å². The van der Waals surface area contributed by atoms with Gasteiger partial charge in [0.25, 0.3) is 0 Å². The Balaban J connectivity index is -0.0000000412. The first-order chi connectivity index (χ1) is 3.91. The van der Waals surface area contributed by atoms with Gasteiger partial charge in [-0.15, -0.1) is 0 Å². The molecule has 0 aromatic rings. The van der Waals surface area contributed by atoms with Crippen molar-refractivity contribution in [1.82, 2.24) is 0 Å². The molecule has 0 rings (SSSR count). The zero-order valence-electron chi connectivity index (χ0n) is 6.00. The minimum atomic E-state index is 0. The van der Waals surface area contributed by atoms with Crippen molar-refractivity contribution in [2.24, 2.45) is 0 Å². The maximum absolute atomic E-state index is 9.22. The summed E-state index contributed by atoms with van der Waals surface area (Å²) in [5.41, 5.74) is 0. The van der Waals surface area contributed by atoms with Gasteiger partial charge in [0.05, 0.1) is 0 Å². The number of rotatable bonds is 3. The zero-order chi connectivity index (χ0) is 6.83. The molecule has 0 saturated carbocycles. The minimum absolute atomic E-state index is 0. The molecular weight excluding hydrogens is 377 g/mol. The van der Waals surface area contributed by atoms with E-state index in [1.807, 2.05) is 6.92 Å². The van der Waals surface area contributed by atoms with Crippen LogP contribution in [0.15, 0.2) is 6.58 Å².